The number of nitrogens with one attached hydrogen (secondary N) is 2. The van der Waals surface area contributed by atoms with Gasteiger partial charge in [-0.05, 0) is 31.6 Å². The number of hydrogen-bond acceptors (Lipinski definition) is 3. The maximum atomic E-state index is 11.8. The first-order chi connectivity index (χ1) is 8.50. The lowest BCUT2D eigenvalue weighted by Crippen LogP contribution is -2.46. The summed E-state index contributed by atoms with van der Waals surface area (Å²) in [5.74, 6) is 0.828. The molecule has 1 saturated carbocycles. The first kappa shape index (κ1) is 15.4. The lowest BCUT2D eigenvalue weighted by Gasteiger charge is -2.28. The van der Waals surface area contributed by atoms with Gasteiger partial charge < -0.3 is 15.7 Å². The molecule has 0 heterocycles. The van der Waals surface area contributed by atoms with Crippen LogP contribution in [0.1, 0.15) is 46.5 Å². The Morgan fingerprint density at radius 1 is 1.28 bits per heavy atom. The van der Waals surface area contributed by atoms with Crippen molar-refractivity contribution in [3.63, 3.8) is 0 Å². The molecule has 1 fully saturated rings. The number of carbonyl (C=O) groups is 1. The third-order valence-corrected chi connectivity index (χ3v) is 3.63. The number of hydrogen-bond donors (Lipinski definition) is 3. The van der Waals surface area contributed by atoms with E-state index in [1.54, 1.807) is 0 Å². The normalized spacial score (nSPS) is 26.1. The van der Waals surface area contributed by atoms with Gasteiger partial charge in [0, 0.05) is 13.1 Å². The molecule has 1 aliphatic rings. The lowest BCUT2D eigenvalue weighted by molar-refractivity contribution is -0.123. The Kier molecular flexibility index (Phi) is 6.65. The largest absolute Gasteiger partial charge is 0.393 e. The first-order valence-electron chi connectivity index (χ1n) is 7.20. The zero-order chi connectivity index (χ0) is 13.5. The monoisotopic (exact) mass is 256 g/mol. The number of carbonyl (C=O) groups excluding carboxylic acids is 1. The van der Waals surface area contributed by atoms with E-state index in [2.05, 4.69) is 24.5 Å². The van der Waals surface area contributed by atoms with Crippen molar-refractivity contribution in [2.24, 2.45) is 11.8 Å². The molecule has 3 atom stereocenters. The van der Waals surface area contributed by atoms with E-state index < -0.39 is 0 Å². The van der Waals surface area contributed by atoms with Crippen LogP contribution in [-0.2, 0) is 4.79 Å². The Labute approximate surface area is 111 Å². The zero-order valence-corrected chi connectivity index (χ0v) is 11.9. The molecule has 18 heavy (non-hydrogen) atoms. The van der Waals surface area contributed by atoms with E-state index in [0.29, 0.717) is 11.8 Å². The smallest absolute Gasteiger partial charge is 0.236 e. The molecular formula is C14H28N2O2. The molecule has 0 aromatic carbocycles. The van der Waals surface area contributed by atoms with Crippen LogP contribution in [0.15, 0.2) is 0 Å². The predicted octanol–water partition coefficient (Wildman–Crippen LogP) is 1.29. The van der Waals surface area contributed by atoms with Gasteiger partial charge >= 0.3 is 0 Å². The molecule has 0 spiro atoms. The average Bonchev–Trinajstić information content (AvgIpc) is 2.34. The van der Waals surface area contributed by atoms with E-state index in [4.69, 9.17) is 0 Å². The van der Waals surface area contributed by atoms with Crippen LogP contribution >= 0.6 is 0 Å². The second-order valence-corrected chi connectivity index (χ2v) is 5.88. The van der Waals surface area contributed by atoms with Crippen molar-refractivity contribution in [1.29, 1.82) is 0 Å². The Bertz CT molecular complexity index is 256. The summed E-state index contributed by atoms with van der Waals surface area (Å²) in [7, 11) is 0. The molecule has 106 valence electrons. The topological polar surface area (TPSA) is 61.4 Å². The highest BCUT2D eigenvalue weighted by Gasteiger charge is 2.24. The molecule has 4 nitrogen and oxygen atoms in total. The van der Waals surface area contributed by atoms with Gasteiger partial charge in [-0.25, -0.2) is 0 Å². The SMILES string of the molecule is CC(C)CNC(=O)C(C)NCC1CCCCC1O. The van der Waals surface area contributed by atoms with Crippen LogP contribution in [0, 0.1) is 11.8 Å². The molecule has 3 N–H and O–H groups in total. The van der Waals surface area contributed by atoms with Crippen molar-refractivity contribution in [1.82, 2.24) is 10.6 Å². The highest BCUT2D eigenvalue weighted by Crippen LogP contribution is 2.23. The van der Waals surface area contributed by atoms with Crippen molar-refractivity contribution in [3.05, 3.63) is 0 Å². The Morgan fingerprint density at radius 2 is 1.94 bits per heavy atom. The number of aliphatic hydroxyl groups is 1. The summed E-state index contributed by atoms with van der Waals surface area (Å²) in [6.07, 6.45) is 4.09. The van der Waals surface area contributed by atoms with Crippen LogP contribution in [0.5, 0.6) is 0 Å². The van der Waals surface area contributed by atoms with Crippen molar-refractivity contribution >= 4 is 5.91 Å². The maximum absolute atomic E-state index is 11.8. The first-order valence-corrected chi connectivity index (χ1v) is 7.20. The van der Waals surface area contributed by atoms with Crippen molar-refractivity contribution in [2.45, 2.75) is 58.6 Å². The molecular weight excluding hydrogens is 228 g/mol. The van der Waals surface area contributed by atoms with Gasteiger partial charge in [-0.1, -0.05) is 26.7 Å². The lowest BCUT2D eigenvalue weighted by atomic mass is 9.86. The molecule has 0 radical (unpaired) electrons. The second kappa shape index (κ2) is 7.74. The minimum absolute atomic E-state index is 0.0500. The molecule has 1 amide bonds. The molecule has 1 rings (SSSR count). The van der Waals surface area contributed by atoms with Gasteiger partial charge in [-0.2, -0.15) is 0 Å². The van der Waals surface area contributed by atoms with Gasteiger partial charge in [-0.15, -0.1) is 0 Å². The number of aliphatic hydroxyl groups excluding tert-OH is 1. The predicted molar refractivity (Wildman–Crippen MR) is 73.3 cm³/mol. The van der Waals surface area contributed by atoms with E-state index in [9.17, 15) is 9.90 Å². The summed E-state index contributed by atoms with van der Waals surface area (Å²) < 4.78 is 0. The van der Waals surface area contributed by atoms with Crippen LogP contribution in [0.25, 0.3) is 0 Å². The average molecular weight is 256 g/mol. The van der Waals surface area contributed by atoms with E-state index >= 15 is 0 Å². The molecule has 0 aliphatic heterocycles. The van der Waals surface area contributed by atoms with Crippen LogP contribution in [0.3, 0.4) is 0 Å². The maximum Gasteiger partial charge on any atom is 0.236 e. The minimum atomic E-state index is -0.197. The van der Waals surface area contributed by atoms with Gasteiger partial charge in [-0.3, -0.25) is 4.79 Å². The minimum Gasteiger partial charge on any atom is -0.393 e. The quantitative estimate of drug-likeness (QED) is 0.671. The number of rotatable bonds is 6. The Morgan fingerprint density at radius 3 is 2.56 bits per heavy atom. The summed E-state index contributed by atoms with van der Waals surface area (Å²) in [6, 6.07) is -0.183. The standard InChI is InChI=1S/C14H28N2O2/c1-10(2)8-16-14(18)11(3)15-9-12-6-4-5-7-13(12)17/h10-13,15,17H,4-9H2,1-3H3,(H,16,18). The number of amides is 1. The third-order valence-electron chi connectivity index (χ3n) is 3.63. The highest BCUT2D eigenvalue weighted by molar-refractivity contribution is 5.81. The van der Waals surface area contributed by atoms with E-state index in [1.807, 2.05) is 6.92 Å². The fourth-order valence-electron chi connectivity index (χ4n) is 2.30. The summed E-state index contributed by atoms with van der Waals surface area (Å²) in [4.78, 5) is 11.8. The van der Waals surface area contributed by atoms with Crippen molar-refractivity contribution in [3.8, 4) is 0 Å². The molecule has 0 aromatic rings. The molecule has 0 saturated heterocycles. The fraction of sp³-hybridized carbons (Fsp3) is 0.929. The summed E-state index contributed by atoms with van der Waals surface area (Å²) in [5, 5.41) is 16.0. The van der Waals surface area contributed by atoms with Crippen LogP contribution in [-0.4, -0.2) is 36.2 Å². The summed E-state index contributed by atoms with van der Waals surface area (Å²) >= 11 is 0. The van der Waals surface area contributed by atoms with Gasteiger partial charge in [0.05, 0.1) is 12.1 Å². The van der Waals surface area contributed by atoms with Crippen LogP contribution in [0.2, 0.25) is 0 Å². The van der Waals surface area contributed by atoms with Gasteiger partial charge in [0.1, 0.15) is 0 Å². The molecule has 0 aromatic heterocycles. The van der Waals surface area contributed by atoms with Crippen LogP contribution in [0.4, 0.5) is 0 Å². The van der Waals surface area contributed by atoms with E-state index in [-0.39, 0.29) is 18.1 Å². The van der Waals surface area contributed by atoms with Crippen LogP contribution < -0.4 is 10.6 Å². The molecule has 1 aliphatic carbocycles. The fourth-order valence-corrected chi connectivity index (χ4v) is 2.30. The molecule has 0 bridgehead atoms. The van der Waals surface area contributed by atoms with Gasteiger partial charge in [0.25, 0.3) is 0 Å². The zero-order valence-electron chi connectivity index (χ0n) is 11.9. The Balaban J connectivity index is 2.22. The summed E-state index contributed by atoms with van der Waals surface area (Å²) in [5.41, 5.74) is 0. The van der Waals surface area contributed by atoms with E-state index in [1.165, 1.54) is 6.42 Å². The Hall–Kier alpha value is -0.610. The van der Waals surface area contributed by atoms with Gasteiger partial charge in [0.15, 0.2) is 0 Å². The van der Waals surface area contributed by atoms with Crippen molar-refractivity contribution in [2.75, 3.05) is 13.1 Å². The van der Waals surface area contributed by atoms with E-state index in [0.717, 1.165) is 32.4 Å². The molecule has 3 unspecified atom stereocenters. The highest BCUT2D eigenvalue weighted by atomic mass is 16.3. The third kappa shape index (κ3) is 5.36. The molecule has 4 heteroatoms. The van der Waals surface area contributed by atoms with Crippen molar-refractivity contribution < 1.29 is 9.90 Å². The van der Waals surface area contributed by atoms with Gasteiger partial charge in [0.2, 0.25) is 5.91 Å². The second-order valence-electron chi connectivity index (χ2n) is 5.88. The summed E-state index contributed by atoms with van der Waals surface area (Å²) in [6.45, 7) is 7.49.